The third kappa shape index (κ3) is 2.35. The number of H-pyrrole nitrogens is 1. The Hall–Kier alpha value is -1.50. The number of isocyanates is 1. The van der Waals surface area contributed by atoms with Gasteiger partial charge in [0, 0.05) is 12.6 Å². The number of imidazole rings is 1. The van der Waals surface area contributed by atoms with Crippen molar-refractivity contribution in [1.82, 2.24) is 14.3 Å². The Bertz CT molecular complexity index is 548. The summed E-state index contributed by atoms with van der Waals surface area (Å²) in [6.45, 7) is 2.15. The Balaban J connectivity index is 2.19. The Morgan fingerprint density at radius 2 is 2.39 bits per heavy atom. The van der Waals surface area contributed by atoms with Crippen molar-refractivity contribution in [2.75, 3.05) is 6.54 Å². The summed E-state index contributed by atoms with van der Waals surface area (Å²) < 4.78 is 26.0. The highest BCUT2D eigenvalue weighted by atomic mass is 32.2. The number of aromatic amines is 1. The van der Waals surface area contributed by atoms with Crippen LogP contribution in [-0.2, 0) is 14.8 Å². The molecule has 7 nitrogen and oxygen atoms in total. The van der Waals surface area contributed by atoms with Crippen molar-refractivity contribution in [3.05, 3.63) is 12.5 Å². The highest BCUT2D eigenvalue weighted by Gasteiger charge is 2.35. The smallest absolute Gasteiger partial charge is 0.260 e. The van der Waals surface area contributed by atoms with Gasteiger partial charge in [0.15, 0.2) is 5.03 Å². The summed E-state index contributed by atoms with van der Waals surface area (Å²) in [5, 5.41) is 0.0895. The SMILES string of the molecule is CC1CC(N=C=O)CCN1S(=O)(=O)c1cnc[nH]1. The van der Waals surface area contributed by atoms with Crippen LogP contribution in [0.25, 0.3) is 0 Å². The molecule has 8 heteroatoms. The maximum Gasteiger partial charge on any atom is 0.260 e. The van der Waals surface area contributed by atoms with Gasteiger partial charge in [-0.1, -0.05) is 0 Å². The minimum atomic E-state index is -3.53. The molecule has 1 aliphatic heterocycles. The van der Waals surface area contributed by atoms with Gasteiger partial charge < -0.3 is 4.98 Å². The number of rotatable bonds is 3. The van der Waals surface area contributed by atoms with E-state index in [1.54, 1.807) is 6.92 Å². The molecule has 18 heavy (non-hydrogen) atoms. The number of sulfonamides is 1. The van der Waals surface area contributed by atoms with Crippen LogP contribution in [0.4, 0.5) is 0 Å². The van der Waals surface area contributed by atoms with Crippen molar-refractivity contribution in [1.29, 1.82) is 0 Å². The van der Waals surface area contributed by atoms with Crippen LogP contribution in [0.15, 0.2) is 22.5 Å². The summed E-state index contributed by atoms with van der Waals surface area (Å²) in [6.07, 6.45) is 5.22. The molecule has 0 saturated carbocycles. The van der Waals surface area contributed by atoms with E-state index in [-0.39, 0.29) is 17.1 Å². The van der Waals surface area contributed by atoms with Crippen molar-refractivity contribution < 1.29 is 13.2 Å². The van der Waals surface area contributed by atoms with E-state index in [1.165, 1.54) is 22.9 Å². The van der Waals surface area contributed by atoms with Gasteiger partial charge in [-0.2, -0.15) is 4.31 Å². The van der Waals surface area contributed by atoms with Gasteiger partial charge >= 0.3 is 0 Å². The third-order valence-corrected chi connectivity index (χ3v) is 5.02. The van der Waals surface area contributed by atoms with Gasteiger partial charge in [0.05, 0.1) is 18.6 Å². The number of carbonyl (C=O) groups excluding carboxylic acids is 1. The lowest BCUT2D eigenvalue weighted by atomic mass is 10.0. The van der Waals surface area contributed by atoms with Crippen LogP contribution in [0.2, 0.25) is 0 Å². The number of aromatic nitrogens is 2. The van der Waals surface area contributed by atoms with Crippen molar-refractivity contribution in [2.45, 2.75) is 36.9 Å². The molecule has 2 rings (SSSR count). The topological polar surface area (TPSA) is 95.5 Å². The highest BCUT2D eigenvalue weighted by Crippen LogP contribution is 2.25. The number of nitrogens with zero attached hydrogens (tertiary/aromatic N) is 3. The summed E-state index contributed by atoms with van der Waals surface area (Å²) >= 11 is 0. The molecule has 1 fully saturated rings. The van der Waals surface area contributed by atoms with E-state index in [2.05, 4.69) is 15.0 Å². The van der Waals surface area contributed by atoms with Crippen molar-refractivity contribution in [2.24, 2.45) is 4.99 Å². The number of piperidine rings is 1. The van der Waals surface area contributed by atoms with Crippen LogP contribution in [0, 0.1) is 0 Å². The predicted molar refractivity (Wildman–Crippen MR) is 63.1 cm³/mol. The van der Waals surface area contributed by atoms with Crippen LogP contribution in [-0.4, -0.2) is 47.4 Å². The molecule has 98 valence electrons. The number of hydrogen-bond donors (Lipinski definition) is 1. The molecule has 1 N–H and O–H groups in total. The van der Waals surface area contributed by atoms with Crippen LogP contribution >= 0.6 is 0 Å². The fourth-order valence-electron chi connectivity index (χ4n) is 2.19. The molecule has 2 heterocycles. The van der Waals surface area contributed by atoms with Crippen LogP contribution in [0.5, 0.6) is 0 Å². The Labute approximate surface area is 105 Å². The van der Waals surface area contributed by atoms with E-state index in [0.717, 1.165) is 0 Å². The van der Waals surface area contributed by atoms with Gasteiger partial charge in [0.25, 0.3) is 10.0 Å². The van der Waals surface area contributed by atoms with E-state index in [9.17, 15) is 13.2 Å². The summed E-state index contributed by atoms with van der Waals surface area (Å²) in [5.41, 5.74) is 0. The number of nitrogens with one attached hydrogen (secondary N) is 1. The second-order valence-electron chi connectivity index (χ2n) is 4.28. The molecule has 2 atom stereocenters. The lowest BCUT2D eigenvalue weighted by Crippen LogP contribution is -2.45. The zero-order chi connectivity index (χ0) is 13.2. The minimum Gasteiger partial charge on any atom is -0.335 e. The summed E-state index contributed by atoms with van der Waals surface area (Å²) in [4.78, 5) is 20.2. The van der Waals surface area contributed by atoms with Crippen molar-refractivity contribution >= 4 is 16.1 Å². The second-order valence-corrected chi connectivity index (χ2v) is 6.14. The molecule has 1 aliphatic rings. The third-order valence-electron chi connectivity index (χ3n) is 3.08. The van der Waals surface area contributed by atoms with Gasteiger partial charge in [-0.25, -0.2) is 23.2 Å². The zero-order valence-electron chi connectivity index (χ0n) is 9.91. The molecular formula is C10H14N4O3S. The normalized spacial score (nSPS) is 25.6. The number of hydrogen-bond acceptors (Lipinski definition) is 5. The Kier molecular flexibility index (Phi) is 3.60. The van der Waals surface area contributed by atoms with Gasteiger partial charge in [0.2, 0.25) is 6.08 Å². The first-order chi connectivity index (χ1) is 8.55. The second kappa shape index (κ2) is 5.01. The maximum atomic E-state index is 12.3. The average molecular weight is 270 g/mol. The molecular weight excluding hydrogens is 256 g/mol. The lowest BCUT2D eigenvalue weighted by molar-refractivity contribution is 0.247. The van der Waals surface area contributed by atoms with E-state index in [4.69, 9.17) is 0 Å². The molecule has 1 aromatic heterocycles. The first-order valence-electron chi connectivity index (χ1n) is 5.63. The quantitative estimate of drug-likeness (QED) is 0.630. The fourth-order valence-corrected chi connectivity index (χ4v) is 3.74. The van der Waals surface area contributed by atoms with Gasteiger partial charge in [0.1, 0.15) is 0 Å². The molecule has 1 aromatic rings. The maximum absolute atomic E-state index is 12.3. The van der Waals surface area contributed by atoms with Crippen molar-refractivity contribution in [3.8, 4) is 0 Å². The fraction of sp³-hybridized carbons (Fsp3) is 0.600. The largest absolute Gasteiger partial charge is 0.335 e. The van der Waals surface area contributed by atoms with E-state index < -0.39 is 10.0 Å². The molecule has 0 aliphatic carbocycles. The monoisotopic (exact) mass is 270 g/mol. The molecule has 1 saturated heterocycles. The van der Waals surface area contributed by atoms with Crippen LogP contribution in [0.3, 0.4) is 0 Å². The summed E-state index contributed by atoms with van der Waals surface area (Å²) in [6, 6.07) is -0.333. The molecule has 2 unspecified atom stereocenters. The minimum absolute atomic E-state index is 0.0895. The molecule has 0 bridgehead atoms. The van der Waals surface area contributed by atoms with E-state index >= 15 is 0 Å². The van der Waals surface area contributed by atoms with Crippen LogP contribution < -0.4 is 0 Å². The molecule has 0 amide bonds. The van der Waals surface area contributed by atoms with Crippen molar-refractivity contribution in [3.63, 3.8) is 0 Å². The van der Waals surface area contributed by atoms with Gasteiger partial charge in [-0.3, -0.25) is 0 Å². The molecule has 0 aromatic carbocycles. The first kappa shape index (κ1) is 12.9. The van der Waals surface area contributed by atoms with Crippen LogP contribution in [0.1, 0.15) is 19.8 Å². The standard InChI is InChI=1S/C10H14N4O3S/c1-8-4-9(13-7-15)2-3-14(8)18(16,17)10-5-11-6-12-10/h5-6,8-9H,2-4H2,1H3,(H,11,12). The first-order valence-corrected chi connectivity index (χ1v) is 7.07. The predicted octanol–water partition coefficient (Wildman–Crippen LogP) is 0.287. The van der Waals surface area contributed by atoms with E-state index in [1.807, 2.05) is 0 Å². The number of aliphatic imine (C=N–C) groups is 1. The summed E-state index contributed by atoms with van der Waals surface area (Å²) in [5.74, 6) is 0. The van der Waals surface area contributed by atoms with Gasteiger partial charge in [-0.05, 0) is 19.8 Å². The molecule has 0 radical (unpaired) electrons. The lowest BCUT2D eigenvalue weighted by Gasteiger charge is -2.34. The Morgan fingerprint density at radius 3 is 2.94 bits per heavy atom. The van der Waals surface area contributed by atoms with Gasteiger partial charge in [-0.15, -0.1) is 0 Å². The zero-order valence-corrected chi connectivity index (χ0v) is 10.7. The summed E-state index contributed by atoms with van der Waals surface area (Å²) in [7, 11) is -3.53. The average Bonchev–Trinajstić information content (AvgIpc) is 2.83. The van der Waals surface area contributed by atoms with E-state index in [0.29, 0.717) is 19.4 Å². The molecule has 0 spiro atoms. The highest BCUT2D eigenvalue weighted by molar-refractivity contribution is 7.89. The Morgan fingerprint density at radius 1 is 1.61 bits per heavy atom.